The highest BCUT2D eigenvalue weighted by Gasteiger charge is 2.40. The van der Waals surface area contributed by atoms with Crippen molar-refractivity contribution < 1.29 is 28.8 Å². The molecule has 0 unspecified atom stereocenters. The first kappa shape index (κ1) is 26.2. The fourth-order valence-electron chi connectivity index (χ4n) is 4.60. The van der Waals surface area contributed by atoms with Crippen LogP contribution in [0.1, 0.15) is 40.5 Å². The third kappa shape index (κ3) is 6.50. The molecule has 9 atom stereocenters. The minimum Gasteiger partial charge on any atom is -0.388 e. The Kier molecular flexibility index (Phi) is 10.4. The topological polar surface area (TPSA) is 66.4 Å². The van der Waals surface area contributed by atoms with E-state index in [0.29, 0.717) is 18.3 Å². The first-order valence-electron chi connectivity index (χ1n) is 11.3. The van der Waals surface area contributed by atoms with Crippen LogP contribution >= 0.6 is 0 Å². The number of aliphatic hydroxyl groups is 1. The Morgan fingerprint density at radius 2 is 1.84 bits per heavy atom. The number of hydrogen-bond acceptors (Lipinski definition) is 6. The fraction of sp³-hybridized carbons (Fsp3) is 0.760. The Bertz CT molecular complexity index is 638. The van der Waals surface area contributed by atoms with Crippen LogP contribution in [0.2, 0.25) is 0 Å². The maximum Gasteiger partial charge on any atom is 0.184 e. The van der Waals surface area contributed by atoms with Crippen molar-refractivity contribution in [2.24, 2.45) is 17.8 Å². The number of ether oxygens (including phenoxy) is 5. The number of allylic oxidation sites excluding steroid dienone is 3. The van der Waals surface area contributed by atoms with Gasteiger partial charge in [0, 0.05) is 46.7 Å². The van der Waals surface area contributed by atoms with E-state index in [1.165, 1.54) is 0 Å². The third-order valence-corrected chi connectivity index (χ3v) is 6.79. The highest BCUT2D eigenvalue weighted by Crippen LogP contribution is 2.42. The molecule has 2 rings (SSSR count). The monoisotopic (exact) mass is 438 g/mol. The minimum atomic E-state index is -0.468. The Balaban J connectivity index is 1.94. The first-order valence-corrected chi connectivity index (χ1v) is 11.3. The molecule has 0 aromatic heterocycles. The fourth-order valence-corrected chi connectivity index (χ4v) is 4.60. The summed E-state index contributed by atoms with van der Waals surface area (Å²) in [6.07, 6.45) is 8.79. The molecule has 0 aromatic rings. The van der Waals surface area contributed by atoms with Gasteiger partial charge < -0.3 is 28.8 Å². The molecule has 0 radical (unpaired) electrons. The average molecular weight is 439 g/mol. The summed E-state index contributed by atoms with van der Waals surface area (Å²) in [6, 6.07) is 0. The van der Waals surface area contributed by atoms with Gasteiger partial charge in [-0.05, 0) is 30.4 Å². The van der Waals surface area contributed by atoms with Crippen LogP contribution in [-0.2, 0) is 23.7 Å². The summed E-state index contributed by atoms with van der Waals surface area (Å²) in [4.78, 5) is 0. The van der Waals surface area contributed by atoms with Crippen molar-refractivity contribution in [1.82, 2.24) is 0 Å². The number of aliphatic hydroxyl groups excluding tert-OH is 1. The first-order chi connectivity index (χ1) is 14.8. The van der Waals surface area contributed by atoms with Gasteiger partial charge in [0.25, 0.3) is 0 Å². The second-order valence-corrected chi connectivity index (χ2v) is 8.78. The molecule has 0 bridgehead atoms. The van der Waals surface area contributed by atoms with Crippen LogP contribution < -0.4 is 0 Å². The number of methoxy groups -OCH3 is 4. The maximum atomic E-state index is 10.8. The lowest BCUT2D eigenvalue weighted by atomic mass is 9.90. The van der Waals surface area contributed by atoms with E-state index in [1.807, 2.05) is 32.1 Å². The molecule has 0 saturated carbocycles. The SMILES string of the molecule is CC[C@H](OC)[C@@H](C)[C@@H]1C=C1[C@H](O)[C@@H](C)/C=C/C=C(\C)[C@H]1O[C@@H](OC)[C@H](OC)C[C@@H]1OC. The molecule has 2 aliphatic rings. The van der Waals surface area contributed by atoms with Crippen LogP contribution in [-0.4, -0.2) is 70.4 Å². The van der Waals surface area contributed by atoms with E-state index in [1.54, 1.807) is 28.4 Å². The molecule has 1 saturated heterocycles. The predicted octanol–water partition coefficient (Wildman–Crippen LogP) is 3.89. The van der Waals surface area contributed by atoms with Gasteiger partial charge in [-0.15, -0.1) is 0 Å². The maximum absolute atomic E-state index is 10.8. The molecule has 0 spiro atoms. The lowest BCUT2D eigenvalue weighted by Gasteiger charge is -2.39. The summed E-state index contributed by atoms with van der Waals surface area (Å²) in [7, 11) is 6.73. The minimum absolute atomic E-state index is 0.0187. The summed E-state index contributed by atoms with van der Waals surface area (Å²) < 4.78 is 28.2. The van der Waals surface area contributed by atoms with E-state index in [0.717, 1.165) is 17.6 Å². The number of rotatable bonds is 12. The molecule has 31 heavy (non-hydrogen) atoms. The molecule has 0 amide bonds. The zero-order valence-corrected chi connectivity index (χ0v) is 20.4. The number of hydrogen-bond donors (Lipinski definition) is 1. The summed E-state index contributed by atoms with van der Waals surface area (Å²) >= 11 is 0. The van der Waals surface area contributed by atoms with Crippen molar-refractivity contribution in [1.29, 1.82) is 0 Å². The van der Waals surface area contributed by atoms with Crippen LogP contribution in [0.3, 0.4) is 0 Å². The van der Waals surface area contributed by atoms with Gasteiger partial charge >= 0.3 is 0 Å². The third-order valence-electron chi connectivity index (χ3n) is 6.79. The zero-order valence-electron chi connectivity index (χ0n) is 20.4. The molecular weight excluding hydrogens is 396 g/mol. The van der Waals surface area contributed by atoms with Gasteiger partial charge in [-0.25, -0.2) is 0 Å². The molecular formula is C25H42O6. The van der Waals surface area contributed by atoms with Crippen molar-refractivity contribution in [3.8, 4) is 0 Å². The highest BCUT2D eigenvalue weighted by atomic mass is 16.7. The van der Waals surface area contributed by atoms with Crippen LogP contribution in [0.5, 0.6) is 0 Å². The second kappa shape index (κ2) is 12.3. The van der Waals surface area contributed by atoms with E-state index < -0.39 is 12.4 Å². The lowest BCUT2D eigenvalue weighted by Crippen LogP contribution is -2.49. The smallest absolute Gasteiger partial charge is 0.184 e. The van der Waals surface area contributed by atoms with Gasteiger partial charge in [-0.1, -0.05) is 45.1 Å². The van der Waals surface area contributed by atoms with Crippen LogP contribution in [0.15, 0.2) is 35.5 Å². The molecule has 1 N–H and O–H groups in total. The lowest BCUT2D eigenvalue weighted by molar-refractivity contribution is -0.256. The van der Waals surface area contributed by atoms with Crippen molar-refractivity contribution in [2.45, 2.75) is 77.3 Å². The molecule has 1 aliphatic heterocycles. The van der Waals surface area contributed by atoms with Gasteiger partial charge in [0.2, 0.25) is 0 Å². The van der Waals surface area contributed by atoms with Gasteiger partial charge in [0.1, 0.15) is 12.2 Å². The molecule has 178 valence electrons. The van der Waals surface area contributed by atoms with Gasteiger partial charge in [0.05, 0.1) is 18.3 Å². The van der Waals surface area contributed by atoms with Crippen LogP contribution in [0.4, 0.5) is 0 Å². The normalized spacial score (nSPS) is 33.1. The summed E-state index contributed by atoms with van der Waals surface area (Å²) in [5.41, 5.74) is 2.17. The van der Waals surface area contributed by atoms with E-state index in [2.05, 4.69) is 19.9 Å². The van der Waals surface area contributed by atoms with E-state index in [9.17, 15) is 5.11 Å². The molecule has 1 aliphatic carbocycles. The highest BCUT2D eigenvalue weighted by molar-refractivity contribution is 5.35. The largest absolute Gasteiger partial charge is 0.388 e. The van der Waals surface area contributed by atoms with E-state index in [-0.39, 0.29) is 30.3 Å². The Hall–Kier alpha value is -1.02. The van der Waals surface area contributed by atoms with Crippen LogP contribution in [0.25, 0.3) is 0 Å². The molecule has 6 nitrogen and oxygen atoms in total. The van der Waals surface area contributed by atoms with E-state index in [4.69, 9.17) is 23.7 Å². The average Bonchev–Trinajstić information content (AvgIpc) is 3.58. The zero-order chi connectivity index (χ0) is 23.1. The standard InChI is InChI=1S/C25H42O6/c1-9-20(27-5)17(4)18-13-19(18)23(26)15(2)11-10-12-16(3)24-21(28-6)14-22(29-7)25(30-8)31-24/h10-13,15,17-18,20-26H,9,14H2,1-8H3/b11-10+,16-12+/t15-,17-,18-,20-,21-,22+,23+,24+,25+/m0/s1. The Labute approximate surface area is 188 Å². The summed E-state index contributed by atoms with van der Waals surface area (Å²) in [5.74, 6) is 0.744. The molecule has 6 heteroatoms. The Morgan fingerprint density at radius 1 is 1.16 bits per heavy atom. The van der Waals surface area contributed by atoms with Gasteiger partial charge in [-0.2, -0.15) is 0 Å². The van der Waals surface area contributed by atoms with Crippen LogP contribution in [0, 0.1) is 17.8 Å². The van der Waals surface area contributed by atoms with Gasteiger partial charge in [0.15, 0.2) is 6.29 Å². The van der Waals surface area contributed by atoms with Crippen molar-refractivity contribution in [3.05, 3.63) is 35.5 Å². The van der Waals surface area contributed by atoms with Crippen molar-refractivity contribution in [2.75, 3.05) is 28.4 Å². The molecule has 1 fully saturated rings. The molecule has 1 heterocycles. The molecule has 0 aromatic carbocycles. The summed E-state index contributed by atoms with van der Waals surface area (Å²) in [5, 5.41) is 10.8. The predicted molar refractivity (Wildman–Crippen MR) is 122 cm³/mol. The second-order valence-electron chi connectivity index (χ2n) is 8.78. The van der Waals surface area contributed by atoms with E-state index >= 15 is 0 Å². The quantitative estimate of drug-likeness (QED) is 0.368. The van der Waals surface area contributed by atoms with Gasteiger partial charge in [-0.3, -0.25) is 0 Å². The Morgan fingerprint density at radius 3 is 2.39 bits per heavy atom. The van der Waals surface area contributed by atoms with Crippen molar-refractivity contribution in [3.63, 3.8) is 0 Å². The van der Waals surface area contributed by atoms with Crippen molar-refractivity contribution >= 4 is 0 Å². The summed E-state index contributed by atoms with van der Waals surface area (Å²) in [6.45, 7) is 8.40.